The summed E-state index contributed by atoms with van der Waals surface area (Å²) in [4.78, 5) is 37.8. The van der Waals surface area contributed by atoms with Crippen LogP contribution in [0.1, 0.15) is 21.5 Å². The minimum atomic E-state index is -0.804. The molecule has 0 saturated carbocycles. The fourth-order valence-corrected chi connectivity index (χ4v) is 2.99. The van der Waals surface area contributed by atoms with Crippen LogP contribution in [-0.4, -0.2) is 42.3 Å². The Hall–Kier alpha value is -3.29. The van der Waals surface area contributed by atoms with E-state index in [1.54, 1.807) is 6.07 Å². The molecule has 0 spiro atoms. The average Bonchev–Trinajstić information content (AvgIpc) is 2.65. The second-order valence-corrected chi connectivity index (χ2v) is 5.71. The number of hydrogen-bond acceptors (Lipinski definition) is 7. The maximum atomic E-state index is 12.4. The lowest BCUT2D eigenvalue weighted by atomic mass is 9.96. The van der Waals surface area contributed by atoms with Crippen LogP contribution < -0.4 is 5.63 Å². The van der Waals surface area contributed by atoms with Crippen LogP contribution in [0.5, 0.6) is 5.75 Å². The molecule has 0 unspecified atom stereocenters. The number of phenols is 1. The summed E-state index contributed by atoms with van der Waals surface area (Å²) in [5, 5.41) is 10.5. The van der Waals surface area contributed by atoms with E-state index in [1.165, 1.54) is 24.2 Å². The smallest absolute Gasteiger partial charge is 0.410 e. The van der Waals surface area contributed by atoms with Gasteiger partial charge in [0.05, 0.1) is 19.2 Å². The Morgan fingerprint density at radius 3 is 2.85 bits per heavy atom. The molecule has 2 aromatic rings. The molecule has 1 aromatic heterocycles. The molecule has 2 heterocycles. The number of carbonyl (C=O) groups excluding carboxylic acids is 2. The van der Waals surface area contributed by atoms with Gasteiger partial charge in [-0.3, -0.25) is 0 Å². The molecular weight excluding hydrogens is 342 g/mol. The van der Waals surface area contributed by atoms with Crippen LogP contribution >= 0.6 is 0 Å². The zero-order valence-electron chi connectivity index (χ0n) is 14.1. The van der Waals surface area contributed by atoms with Crippen molar-refractivity contribution in [2.45, 2.75) is 13.0 Å². The van der Waals surface area contributed by atoms with Gasteiger partial charge in [0.2, 0.25) is 0 Å². The number of nitrogens with zero attached hydrogens (tertiary/aromatic N) is 1. The Morgan fingerprint density at radius 2 is 2.15 bits per heavy atom. The van der Waals surface area contributed by atoms with Crippen molar-refractivity contribution in [3.05, 3.63) is 51.9 Å². The second kappa shape index (κ2) is 6.91. The molecule has 0 saturated heterocycles. The lowest BCUT2D eigenvalue weighted by Gasteiger charge is -2.27. The lowest BCUT2D eigenvalue weighted by molar-refractivity contribution is 0.0598. The monoisotopic (exact) mass is 359 g/mol. The molecule has 8 nitrogen and oxygen atoms in total. The first kappa shape index (κ1) is 17.5. The molecule has 136 valence electrons. The van der Waals surface area contributed by atoms with E-state index in [4.69, 9.17) is 9.15 Å². The summed E-state index contributed by atoms with van der Waals surface area (Å²) in [6.07, 6.45) is 1.29. The summed E-state index contributed by atoms with van der Waals surface area (Å²) < 4.78 is 14.9. The summed E-state index contributed by atoms with van der Waals surface area (Å²) >= 11 is 0. The topological polar surface area (TPSA) is 106 Å². The van der Waals surface area contributed by atoms with E-state index in [1.807, 2.05) is 0 Å². The van der Waals surface area contributed by atoms with E-state index < -0.39 is 17.7 Å². The van der Waals surface area contributed by atoms with E-state index in [0.29, 0.717) is 29.5 Å². The number of hydrogen-bond donors (Lipinski definition) is 1. The minimum Gasteiger partial charge on any atom is -0.507 e. The van der Waals surface area contributed by atoms with Gasteiger partial charge in [-0.2, -0.15) is 0 Å². The first-order chi connectivity index (χ1) is 12.5. The predicted molar refractivity (Wildman–Crippen MR) is 91.1 cm³/mol. The Bertz CT molecular complexity index is 960. The predicted octanol–water partition coefficient (Wildman–Crippen LogP) is 1.97. The molecule has 3 rings (SSSR count). The highest BCUT2D eigenvalue weighted by molar-refractivity contribution is 6.05. The SMILES string of the molecule is C=CCOC(=O)N1CCc2c(c(=O)oc3c(C(=O)OC)c(O)ccc23)C1. The molecule has 0 radical (unpaired) electrons. The summed E-state index contributed by atoms with van der Waals surface area (Å²) in [5.41, 5.74) is 0.0977. The largest absolute Gasteiger partial charge is 0.507 e. The van der Waals surface area contributed by atoms with Crippen molar-refractivity contribution < 1.29 is 28.6 Å². The van der Waals surface area contributed by atoms with Crippen LogP contribution in [-0.2, 0) is 22.4 Å². The van der Waals surface area contributed by atoms with Crippen molar-refractivity contribution in [2.75, 3.05) is 20.3 Å². The molecule has 1 aliphatic rings. The molecule has 1 amide bonds. The molecule has 8 heteroatoms. The highest BCUT2D eigenvalue weighted by Gasteiger charge is 2.28. The van der Waals surface area contributed by atoms with Gasteiger partial charge in [-0.25, -0.2) is 14.4 Å². The van der Waals surface area contributed by atoms with Gasteiger partial charge in [-0.05, 0) is 24.1 Å². The van der Waals surface area contributed by atoms with Gasteiger partial charge in [0.1, 0.15) is 17.9 Å². The van der Waals surface area contributed by atoms with Crippen molar-refractivity contribution in [2.24, 2.45) is 0 Å². The van der Waals surface area contributed by atoms with Crippen LogP contribution in [0.2, 0.25) is 0 Å². The van der Waals surface area contributed by atoms with Crippen LogP contribution in [0, 0.1) is 0 Å². The number of methoxy groups -OCH3 is 1. The number of phenolic OH excluding ortho intramolecular Hbond substituents is 1. The maximum absolute atomic E-state index is 12.4. The van der Waals surface area contributed by atoms with E-state index >= 15 is 0 Å². The van der Waals surface area contributed by atoms with Crippen molar-refractivity contribution >= 4 is 23.0 Å². The molecule has 1 aliphatic heterocycles. The number of esters is 1. The lowest BCUT2D eigenvalue weighted by Crippen LogP contribution is -2.38. The first-order valence-corrected chi connectivity index (χ1v) is 7.89. The standard InChI is InChI=1S/C18H17NO7/c1-3-8-25-18(23)19-7-6-10-11-4-5-13(20)14(17(22)24-2)15(11)26-16(21)12(10)9-19/h3-5,20H,1,6-9H2,2H3. The number of rotatable bonds is 3. The van der Waals surface area contributed by atoms with Crippen molar-refractivity contribution in [1.29, 1.82) is 0 Å². The third-order valence-corrected chi connectivity index (χ3v) is 4.22. The summed E-state index contributed by atoms with van der Waals surface area (Å²) in [6.45, 7) is 3.94. The Balaban J connectivity index is 2.09. The summed E-state index contributed by atoms with van der Waals surface area (Å²) in [5.74, 6) is -1.14. The third-order valence-electron chi connectivity index (χ3n) is 4.22. The van der Waals surface area contributed by atoms with Crippen LogP contribution in [0.15, 0.2) is 34.0 Å². The maximum Gasteiger partial charge on any atom is 0.410 e. The number of carbonyl (C=O) groups is 2. The fourth-order valence-electron chi connectivity index (χ4n) is 2.99. The second-order valence-electron chi connectivity index (χ2n) is 5.71. The molecule has 1 aromatic carbocycles. The van der Waals surface area contributed by atoms with Gasteiger partial charge < -0.3 is 23.9 Å². The molecule has 0 atom stereocenters. The molecule has 0 fully saturated rings. The quantitative estimate of drug-likeness (QED) is 0.507. The Morgan fingerprint density at radius 1 is 1.38 bits per heavy atom. The van der Waals surface area contributed by atoms with E-state index in [0.717, 1.165) is 0 Å². The molecule has 1 N–H and O–H groups in total. The molecule has 26 heavy (non-hydrogen) atoms. The van der Waals surface area contributed by atoms with Crippen LogP contribution in [0.25, 0.3) is 11.0 Å². The number of aromatic hydroxyl groups is 1. The Labute approximate surface area is 148 Å². The highest BCUT2D eigenvalue weighted by Crippen LogP contribution is 2.32. The Kier molecular flexibility index (Phi) is 4.66. The number of benzene rings is 1. The minimum absolute atomic E-state index is 0.0247. The summed E-state index contributed by atoms with van der Waals surface area (Å²) in [6, 6.07) is 2.92. The van der Waals surface area contributed by atoms with Crippen molar-refractivity contribution in [1.82, 2.24) is 4.90 Å². The molecule has 0 bridgehead atoms. The van der Waals surface area contributed by atoms with Gasteiger partial charge in [0.25, 0.3) is 0 Å². The van der Waals surface area contributed by atoms with Gasteiger partial charge >= 0.3 is 17.7 Å². The van der Waals surface area contributed by atoms with Crippen LogP contribution in [0.4, 0.5) is 4.79 Å². The van der Waals surface area contributed by atoms with E-state index in [9.17, 15) is 19.5 Å². The van der Waals surface area contributed by atoms with Gasteiger partial charge in [0, 0.05) is 11.9 Å². The van der Waals surface area contributed by atoms with Gasteiger partial charge in [-0.15, -0.1) is 0 Å². The first-order valence-electron chi connectivity index (χ1n) is 7.89. The summed E-state index contributed by atoms with van der Waals surface area (Å²) in [7, 11) is 1.17. The van der Waals surface area contributed by atoms with Crippen LogP contribution in [0.3, 0.4) is 0 Å². The number of amides is 1. The van der Waals surface area contributed by atoms with E-state index in [-0.39, 0.29) is 30.0 Å². The van der Waals surface area contributed by atoms with Gasteiger partial charge in [-0.1, -0.05) is 12.7 Å². The van der Waals surface area contributed by atoms with Crippen molar-refractivity contribution in [3.63, 3.8) is 0 Å². The normalized spacial score (nSPS) is 13.2. The van der Waals surface area contributed by atoms with Gasteiger partial charge in [0.15, 0.2) is 5.58 Å². The number of fused-ring (bicyclic) bond motifs is 3. The number of ether oxygens (including phenoxy) is 2. The zero-order valence-corrected chi connectivity index (χ0v) is 14.1. The molecule has 0 aliphatic carbocycles. The average molecular weight is 359 g/mol. The highest BCUT2D eigenvalue weighted by atomic mass is 16.6. The van der Waals surface area contributed by atoms with E-state index in [2.05, 4.69) is 11.3 Å². The van der Waals surface area contributed by atoms with Crippen molar-refractivity contribution in [3.8, 4) is 5.75 Å². The zero-order chi connectivity index (χ0) is 18.8. The third kappa shape index (κ3) is 2.90. The fraction of sp³-hybridized carbons (Fsp3) is 0.278. The molecular formula is C18H17NO7.